The SMILES string of the molecule is O=C1C=NC(c2ccc(C(F)F)cc2)C2=C1CC=N2. The Morgan fingerprint density at radius 2 is 1.95 bits per heavy atom. The predicted molar refractivity (Wildman–Crippen MR) is 67.8 cm³/mol. The summed E-state index contributed by atoms with van der Waals surface area (Å²) in [6, 6.07) is 5.61. The van der Waals surface area contributed by atoms with E-state index < -0.39 is 6.43 Å². The van der Waals surface area contributed by atoms with Crippen LogP contribution in [0, 0.1) is 0 Å². The lowest BCUT2D eigenvalue weighted by Crippen LogP contribution is -2.14. The molecule has 2 aliphatic rings. The fourth-order valence-corrected chi connectivity index (χ4v) is 2.24. The predicted octanol–water partition coefficient (Wildman–Crippen LogP) is 3.05. The van der Waals surface area contributed by atoms with Gasteiger partial charge in [0.1, 0.15) is 6.04 Å². The Kier molecular flexibility index (Phi) is 2.81. The van der Waals surface area contributed by atoms with Gasteiger partial charge in [0.2, 0.25) is 5.78 Å². The highest BCUT2D eigenvalue weighted by Gasteiger charge is 2.28. The highest BCUT2D eigenvalue weighted by molar-refractivity contribution is 6.37. The number of hydrogen-bond donors (Lipinski definition) is 0. The van der Waals surface area contributed by atoms with Gasteiger partial charge in [-0.05, 0) is 5.56 Å². The van der Waals surface area contributed by atoms with Gasteiger partial charge in [0.15, 0.2) is 0 Å². The molecule has 96 valence electrons. The smallest absolute Gasteiger partial charge is 0.263 e. The summed E-state index contributed by atoms with van der Waals surface area (Å²) in [6.45, 7) is 0. The summed E-state index contributed by atoms with van der Waals surface area (Å²) in [4.78, 5) is 20.0. The van der Waals surface area contributed by atoms with Gasteiger partial charge in [-0.1, -0.05) is 24.3 Å². The third-order valence-electron chi connectivity index (χ3n) is 3.24. The second-order valence-electron chi connectivity index (χ2n) is 4.39. The summed E-state index contributed by atoms with van der Waals surface area (Å²) in [5, 5.41) is 0. The van der Waals surface area contributed by atoms with Crippen LogP contribution in [0.3, 0.4) is 0 Å². The third kappa shape index (κ3) is 2.01. The lowest BCUT2D eigenvalue weighted by Gasteiger charge is -2.17. The van der Waals surface area contributed by atoms with Crippen molar-refractivity contribution in [2.45, 2.75) is 18.9 Å². The van der Waals surface area contributed by atoms with Crippen LogP contribution in [0.1, 0.15) is 30.0 Å². The minimum Gasteiger partial charge on any atom is -0.288 e. The molecule has 0 bridgehead atoms. The molecular weight excluding hydrogens is 250 g/mol. The highest BCUT2D eigenvalue weighted by atomic mass is 19.3. The van der Waals surface area contributed by atoms with E-state index in [0.29, 0.717) is 17.7 Å². The van der Waals surface area contributed by atoms with E-state index in [1.807, 2.05) is 0 Å². The van der Waals surface area contributed by atoms with E-state index >= 15 is 0 Å². The summed E-state index contributed by atoms with van der Waals surface area (Å²) in [5.41, 5.74) is 2.03. The Morgan fingerprint density at radius 3 is 2.63 bits per heavy atom. The van der Waals surface area contributed by atoms with Gasteiger partial charge in [0, 0.05) is 23.8 Å². The number of benzene rings is 1. The molecule has 1 aromatic carbocycles. The van der Waals surface area contributed by atoms with Gasteiger partial charge in [0.05, 0.1) is 11.9 Å². The zero-order chi connectivity index (χ0) is 13.4. The van der Waals surface area contributed by atoms with Gasteiger partial charge in [-0.2, -0.15) is 0 Å². The molecule has 2 heterocycles. The number of nitrogens with zero attached hydrogens (tertiary/aromatic N) is 2. The molecule has 0 fully saturated rings. The number of ketones is 1. The number of carbonyl (C=O) groups excluding carboxylic acids is 1. The number of rotatable bonds is 2. The van der Waals surface area contributed by atoms with Crippen molar-refractivity contribution in [3.8, 4) is 0 Å². The summed E-state index contributed by atoms with van der Waals surface area (Å²) in [5.74, 6) is -0.118. The molecular formula is C14H10F2N2O. The van der Waals surface area contributed by atoms with Crippen molar-refractivity contribution in [2.75, 3.05) is 0 Å². The lowest BCUT2D eigenvalue weighted by atomic mass is 9.96. The first-order valence-corrected chi connectivity index (χ1v) is 5.88. The van der Waals surface area contributed by atoms with E-state index in [4.69, 9.17) is 0 Å². The fourth-order valence-electron chi connectivity index (χ4n) is 2.24. The van der Waals surface area contributed by atoms with E-state index in [1.54, 1.807) is 18.3 Å². The van der Waals surface area contributed by atoms with Gasteiger partial charge < -0.3 is 0 Å². The maximum Gasteiger partial charge on any atom is 0.263 e. The molecule has 3 rings (SSSR count). The molecule has 0 saturated carbocycles. The first-order chi connectivity index (χ1) is 9.16. The Balaban J connectivity index is 1.96. The molecule has 1 atom stereocenters. The summed E-state index contributed by atoms with van der Waals surface area (Å²) < 4.78 is 25.0. The molecule has 2 aliphatic heterocycles. The molecule has 0 spiro atoms. The largest absolute Gasteiger partial charge is 0.288 e. The molecule has 1 unspecified atom stereocenters. The number of carbonyl (C=O) groups is 1. The minimum atomic E-state index is -2.48. The van der Waals surface area contributed by atoms with Crippen LogP contribution in [0.2, 0.25) is 0 Å². The molecule has 0 aliphatic carbocycles. The number of alkyl halides is 2. The van der Waals surface area contributed by atoms with Crippen molar-refractivity contribution in [1.29, 1.82) is 0 Å². The van der Waals surface area contributed by atoms with Gasteiger partial charge in [-0.25, -0.2) is 8.78 Å². The molecule has 0 aromatic heterocycles. The van der Waals surface area contributed by atoms with Gasteiger partial charge in [-0.3, -0.25) is 14.8 Å². The molecule has 1 aromatic rings. The number of halogens is 2. The Bertz CT molecular complexity index is 615. The van der Waals surface area contributed by atoms with E-state index in [0.717, 1.165) is 5.56 Å². The molecule has 3 nitrogen and oxygen atoms in total. The normalized spacial score (nSPS) is 21.4. The van der Waals surface area contributed by atoms with E-state index in [2.05, 4.69) is 9.98 Å². The number of Topliss-reactive ketones (excluding diaryl/α,β-unsaturated/α-hetero) is 1. The van der Waals surface area contributed by atoms with Crippen molar-refractivity contribution in [3.05, 3.63) is 46.7 Å². The van der Waals surface area contributed by atoms with Crippen LogP contribution in [-0.2, 0) is 4.79 Å². The quantitative estimate of drug-likeness (QED) is 0.805. The number of hydrogen-bond acceptors (Lipinski definition) is 3. The highest BCUT2D eigenvalue weighted by Crippen LogP contribution is 2.35. The minimum absolute atomic E-state index is 0.0243. The lowest BCUT2D eigenvalue weighted by molar-refractivity contribution is -0.109. The number of dihydropyridines is 1. The molecule has 5 heteroatoms. The zero-order valence-electron chi connectivity index (χ0n) is 9.88. The Labute approximate surface area is 108 Å². The monoisotopic (exact) mass is 260 g/mol. The molecule has 19 heavy (non-hydrogen) atoms. The molecule has 0 N–H and O–H groups in total. The average Bonchev–Trinajstić information content (AvgIpc) is 2.89. The van der Waals surface area contributed by atoms with Crippen molar-refractivity contribution in [1.82, 2.24) is 0 Å². The zero-order valence-corrected chi connectivity index (χ0v) is 9.88. The van der Waals surface area contributed by atoms with Crippen LogP contribution in [-0.4, -0.2) is 18.2 Å². The van der Waals surface area contributed by atoms with Crippen molar-refractivity contribution in [2.24, 2.45) is 9.98 Å². The van der Waals surface area contributed by atoms with Gasteiger partial charge in [0.25, 0.3) is 6.43 Å². The van der Waals surface area contributed by atoms with Crippen LogP contribution >= 0.6 is 0 Å². The van der Waals surface area contributed by atoms with Gasteiger partial charge >= 0.3 is 0 Å². The number of aliphatic imine (C=N–C) groups is 2. The summed E-state index contributed by atoms with van der Waals surface area (Å²) in [7, 11) is 0. The summed E-state index contributed by atoms with van der Waals surface area (Å²) >= 11 is 0. The average molecular weight is 260 g/mol. The van der Waals surface area contributed by atoms with E-state index in [1.165, 1.54) is 18.3 Å². The van der Waals surface area contributed by atoms with Crippen molar-refractivity contribution in [3.63, 3.8) is 0 Å². The van der Waals surface area contributed by atoms with E-state index in [9.17, 15) is 13.6 Å². The molecule has 0 amide bonds. The Morgan fingerprint density at radius 1 is 1.21 bits per heavy atom. The van der Waals surface area contributed by atoms with Crippen molar-refractivity contribution < 1.29 is 13.6 Å². The third-order valence-corrected chi connectivity index (χ3v) is 3.24. The van der Waals surface area contributed by atoms with E-state index in [-0.39, 0.29) is 17.4 Å². The first kappa shape index (κ1) is 11.9. The van der Waals surface area contributed by atoms with Crippen molar-refractivity contribution >= 4 is 18.2 Å². The van der Waals surface area contributed by atoms with Crippen LogP contribution < -0.4 is 0 Å². The first-order valence-electron chi connectivity index (χ1n) is 5.88. The maximum absolute atomic E-state index is 12.5. The van der Waals surface area contributed by atoms with Crippen LogP contribution in [0.15, 0.2) is 45.5 Å². The fraction of sp³-hybridized carbons (Fsp3) is 0.214. The molecule has 0 saturated heterocycles. The summed E-state index contributed by atoms with van der Waals surface area (Å²) in [6.07, 6.45) is 1.01. The molecule has 0 radical (unpaired) electrons. The van der Waals surface area contributed by atoms with Gasteiger partial charge in [-0.15, -0.1) is 0 Å². The van der Waals surface area contributed by atoms with Crippen LogP contribution in [0.4, 0.5) is 8.78 Å². The standard InChI is InChI=1S/C14H10F2N2O/c15-14(16)9-3-1-8(2-4-9)12-13-10(5-6-17-13)11(19)7-18-12/h1-4,6-7,12,14H,5H2. The second-order valence-corrected chi connectivity index (χ2v) is 4.39. The van der Waals surface area contributed by atoms with Crippen LogP contribution in [0.5, 0.6) is 0 Å². The second kappa shape index (κ2) is 4.50. The van der Waals surface area contributed by atoms with Crippen LogP contribution in [0.25, 0.3) is 0 Å². The Hall–Kier alpha value is -2.17. The maximum atomic E-state index is 12.5. The number of allylic oxidation sites excluding steroid dienone is 1. The topological polar surface area (TPSA) is 41.8 Å².